The average Bonchev–Trinajstić information content (AvgIpc) is 3.25. The lowest BCUT2D eigenvalue weighted by Gasteiger charge is -2.33. The summed E-state index contributed by atoms with van der Waals surface area (Å²) in [5.41, 5.74) is 2.22. The van der Waals surface area contributed by atoms with Gasteiger partial charge in [-0.25, -0.2) is 4.57 Å². The van der Waals surface area contributed by atoms with Crippen LogP contribution in [-0.2, 0) is 12.8 Å². The number of hydrogen-bond acceptors (Lipinski definition) is 5. The topological polar surface area (TPSA) is 65.1 Å². The first kappa shape index (κ1) is 16.6. The number of rotatable bonds is 1. The number of nitrogens with zero attached hydrogens (tertiary/aromatic N) is 5. The molecule has 0 radical (unpaired) electrons. The molecule has 0 aliphatic heterocycles. The monoisotopic (exact) mass is 379 g/mol. The first-order valence-corrected chi connectivity index (χ1v) is 10.1. The van der Waals surface area contributed by atoms with Gasteiger partial charge >= 0.3 is 0 Å². The van der Waals surface area contributed by atoms with E-state index in [1.807, 2.05) is 30.3 Å². The molecular weight excluding hydrogens is 358 g/mol. The molecule has 1 atom stereocenters. The van der Waals surface area contributed by atoms with Crippen molar-refractivity contribution in [1.29, 1.82) is 0 Å². The standard InChI is InChI=1S/C20H21N5OS/c1-20(2,3)12-9-10-14-15(11-12)27-18-16(14)17(26)24(13-7-5-4-6-8-13)19-21-22-23-25(18)19/h4-8,12H,9-11H2,1-3H3/t12-/m0/s1. The Labute approximate surface area is 160 Å². The van der Waals surface area contributed by atoms with Gasteiger partial charge in [-0.3, -0.25) is 4.79 Å². The summed E-state index contributed by atoms with van der Waals surface area (Å²) in [6.07, 6.45) is 3.07. The highest BCUT2D eigenvalue weighted by atomic mass is 32.1. The summed E-state index contributed by atoms with van der Waals surface area (Å²) >= 11 is 1.68. The lowest BCUT2D eigenvalue weighted by Crippen LogP contribution is -2.27. The van der Waals surface area contributed by atoms with Crippen LogP contribution in [0, 0.1) is 11.3 Å². The minimum atomic E-state index is -0.0230. The molecule has 0 fully saturated rings. The summed E-state index contributed by atoms with van der Waals surface area (Å²) in [6.45, 7) is 6.91. The van der Waals surface area contributed by atoms with E-state index in [2.05, 4.69) is 36.3 Å². The number of thiophene rings is 1. The average molecular weight is 379 g/mol. The van der Waals surface area contributed by atoms with Crippen molar-refractivity contribution in [3.8, 4) is 5.69 Å². The van der Waals surface area contributed by atoms with Crippen LogP contribution in [0.3, 0.4) is 0 Å². The van der Waals surface area contributed by atoms with Gasteiger partial charge in [0, 0.05) is 4.88 Å². The number of aryl methyl sites for hydroxylation is 1. The Kier molecular flexibility index (Phi) is 3.53. The molecule has 0 saturated carbocycles. The zero-order valence-electron chi connectivity index (χ0n) is 15.6. The van der Waals surface area contributed by atoms with Gasteiger partial charge in [-0.15, -0.1) is 11.3 Å². The van der Waals surface area contributed by atoms with Gasteiger partial charge in [-0.2, -0.15) is 4.52 Å². The van der Waals surface area contributed by atoms with E-state index in [0.29, 0.717) is 11.7 Å². The Hall–Kier alpha value is -2.54. The maximum atomic E-state index is 13.5. The number of hydrogen-bond donors (Lipinski definition) is 0. The van der Waals surface area contributed by atoms with Gasteiger partial charge < -0.3 is 0 Å². The number of fused-ring (bicyclic) bond motifs is 5. The van der Waals surface area contributed by atoms with Gasteiger partial charge in [0.1, 0.15) is 4.83 Å². The summed E-state index contributed by atoms with van der Waals surface area (Å²) in [6, 6.07) is 9.60. The molecule has 3 aromatic heterocycles. The number of aromatic nitrogens is 5. The highest BCUT2D eigenvalue weighted by Gasteiger charge is 2.32. The molecule has 1 aliphatic rings. The molecule has 0 saturated heterocycles. The summed E-state index contributed by atoms with van der Waals surface area (Å²) in [7, 11) is 0. The highest BCUT2D eigenvalue weighted by molar-refractivity contribution is 7.18. The molecule has 0 unspecified atom stereocenters. The Morgan fingerprint density at radius 2 is 1.96 bits per heavy atom. The van der Waals surface area contributed by atoms with Crippen LogP contribution in [0.2, 0.25) is 0 Å². The molecule has 138 valence electrons. The second kappa shape index (κ2) is 5.73. The normalized spacial score (nSPS) is 17.5. The van der Waals surface area contributed by atoms with Crippen LogP contribution in [-0.4, -0.2) is 24.6 Å². The predicted octanol–water partition coefficient (Wildman–Crippen LogP) is 3.64. The second-order valence-corrected chi connectivity index (χ2v) is 9.44. The first-order valence-electron chi connectivity index (χ1n) is 9.28. The summed E-state index contributed by atoms with van der Waals surface area (Å²) in [5.74, 6) is 1.09. The van der Waals surface area contributed by atoms with Crippen LogP contribution in [0.4, 0.5) is 0 Å². The van der Waals surface area contributed by atoms with Crippen molar-refractivity contribution >= 4 is 27.3 Å². The molecule has 6 nitrogen and oxygen atoms in total. The van der Waals surface area contributed by atoms with Gasteiger partial charge in [0.2, 0.25) is 0 Å². The Balaban J connectivity index is 1.82. The van der Waals surface area contributed by atoms with Crippen LogP contribution >= 0.6 is 11.3 Å². The third-order valence-electron chi connectivity index (χ3n) is 5.75. The predicted molar refractivity (Wildman–Crippen MR) is 107 cm³/mol. The molecule has 3 heterocycles. The molecule has 4 aromatic rings. The van der Waals surface area contributed by atoms with Crippen LogP contribution < -0.4 is 5.56 Å². The zero-order chi connectivity index (χ0) is 18.8. The van der Waals surface area contributed by atoms with E-state index in [0.717, 1.165) is 35.2 Å². The van der Waals surface area contributed by atoms with Crippen LogP contribution in [0.15, 0.2) is 35.1 Å². The molecule has 0 amide bonds. The van der Waals surface area contributed by atoms with Crippen LogP contribution in [0.25, 0.3) is 21.7 Å². The van der Waals surface area contributed by atoms with Gasteiger partial charge in [0.25, 0.3) is 11.3 Å². The van der Waals surface area contributed by atoms with E-state index >= 15 is 0 Å². The summed E-state index contributed by atoms with van der Waals surface area (Å²) in [4.78, 5) is 15.7. The Bertz CT molecular complexity index is 1210. The lowest BCUT2D eigenvalue weighted by atomic mass is 9.72. The molecule has 0 spiro atoms. The van der Waals surface area contributed by atoms with E-state index in [4.69, 9.17) is 0 Å². The van der Waals surface area contributed by atoms with Crippen molar-refractivity contribution in [3.05, 3.63) is 51.1 Å². The van der Waals surface area contributed by atoms with Gasteiger partial charge in [0.05, 0.1) is 11.1 Å². The fraction of sp³-hybridized carbons (Fsp3) is 0.400. The minimum absolute atomic E-state index is 0.0230. The molecule has 0 bridgehead atoms. The smallest absolute Gasteiger partial charge is 0.268 e. The van der Waals surface area contributed by atoms with Gasteiger partial charge in [0.15, 0.2) is 0 Å². The van der Waals surface area contributed by atoms with Crippen LogP contribution in [0.1, 0.15) is 37.6 Å². The lowest BCUT2D eigenvalue weighted by molar-refractivity contribution is 0.218. The molecule has 27 heavy (non-hydrogen) atoms. The molecule has 1 aliphatic carbocycles. The van der Waals surface area contributed by atoms with E-state index in [-0.39, 0.29) is 11.0 Å². The van der Waals surface area contributed by atoms with E-state index in [9.17, 15) is 4.79 Å². The zero-order valence-corrected chi connectivity index (χ0v) is 16.5. The Morgan fingerprint density at radius 3 is 2.70 bits per heavy atom. The van der Waals surface area contributed by atoms with Crippen molar-refractivity contribution in [2.45, 2.75) is 40.0 Å². The fourth-order valence-electron chi connectivity index (χ4n) is 4.15. The second-order valence-electron chi connectivity index (χ2n) is 8.36. The SMILES string of the molecule is CC(C)(C)[C@H]1CCc2c(sc3c2c(=O)n(-c2ccccc2)c2nnnn32)C1. The first-order chi connectivity index (χ1) is 12.9. The molecule has 0 N–H and O–H groups in total. The Morgan fingerprint density at radius 1 is 1.19 bits per heavy atom. The van der Waals surface area contributed by atoms with Crippen molar-refractivity contribution in [3.63, 3.8) is 0 Å². The number of para-hydroxylation sites is 1. The van der Waals surface area contributed by atoms with Crippen LogP contribution in [0.5, 0.6) is 0 Å². The van der Waals surface area contributed by atoms with Crippen molar-refractivity contribution < 1.29 is 0 Å². The van der Waals surface area contributed by atoms with Crippen molar-refractivity contribution in [1.82, 2.24) is 24.6 Å². The van der Waals surface area contributed by atoms with Crippen molar-refractivity contribution in [2.24, 2.45) is 11.3 Å². The number of tetrazole rings is 1. The van der Waals surface area contributed by atoms with E-state index in [1.165, 1.54) is 10.4 Å². The fourth-order valence-corrected chi connectivity index (χ4v) is 5.51. The number of benzene rings is 1. The maximum Gasteiger partial charge on any atom is 0.268 e. The summed E-state index contributed by atoms with van der Waals surface area (Å²) in [5, 5.41) is 13.0. The van der Waals surface area contributed by atoms with E-state index < -0.39 is 0 Å². The largest absolute Gasteiger partial charge is 0.268 e. The molecule has 7 heteroatoms. The van der Waals surface area contributed by atoms with Gasteiger partial charge in [-0.1, -0.05) is 44.1 Å². The van der Waals surface area contributed by atoms with E-state index in [1.54, 1.807) is 20.4 Å². The third kappa shape index (κ3) is 2.45. The molecular formula is C20H21N5OS. The summed E-state index contributed by atoms with van der Waals surface area (Å²) < 4.78 is 3.35. The molecule has 5 rings (SSSR count). The highest BCUT2D eigenvalue weighted by Crippen LogP contribution is 2.42. The molecule has 1 aromatic carbocycles. The van der Waals surface area contributed by atoms with Crippen molar-refractivity contribution in [2.75, 3.05) is 0 Å². The van der Waals surface area contributed by atoms with Gasteiger partial charge in [-0.05, 0) is 58.7 Å². The third-order valence-corrected chi connectivity index (χ3v) is 6.98. The maximum absolute atomic E-state index is 13.5. The quantitative estimate of drug-likeness (QED) is 0.506. The minimum Gasteiger partial charge on any atom is -0.268 e.